The number of aryl methyl sites for hydroxylation is 1. The first kappa shape index (κ1) is 16.2. The van der Waals surface area contributed by atoms with E-state index in [1.54, 1.807) is 5.01 Å². The van der Waals surface area contributed by atoms with Gasteiger partial charge in [-0.1, -0.05) is 31.5 Å². The molecule has 1 fully saturated rings. The van der Waals surface area contributed by atoms with Crippen molar-refractivity contribution >= 4 is 11.6 Å². The lowest BCUT2D eigenvalue weighted by molar-refractivity contribution is -0.148. The van der Waals surface area contributed by atoms with Crippen LogP contribution in [0.4, 0.5) is 5.69 Å². The van der Waals surface area contributed by atoms with Crippen LogP contribution in [0.15, 0.2) is 24.3 Å². The standard InChI is InChI=1S/C17H24N4O/c1-13(2)16(19-15-8-6-14(3)7-9-15)17(22)21-11-5-4-10-20(21)12-18/h6-9,13,16,19H,4-5,10-11H2,1-3H3. The fourth-order valence-corrected chi connectivity index (χ4v) is 2.60. The molecule has 1 aromatic rings. The first-order valence-corrected chi connectivity index (χ1v) is 7.84. The molecule has 2 rings (SSSR count). The Kier molecular flexibility index (Phi) is 5.26. The van der Waals surface area contributed by atoms with Gasteiger partial charge in [0.2, 0.25) is 0 Å². The Morgan fingerprint density at radius 3 is 2.45 bits per heavy atom. The van der Waals surface area contributed by atoms with Crippen LogP contribution in [0, 0.1) is 24.3 Å². The molecule has 5 heteroatoms. The number of anilines is 1. The van der Waals surface area contributed by atoms with Gasteiger partial charge in [0.15, 0.2) is 6.19 Å². The van der Waals surface area contributed by atoms with Crippen LogP contribution >= 0.6 is 0 Å². The lowest BCUT2D eigenvalue weighted by Gasteiger charge is -2.37. The lowest BCUT2D eigenvalue weighted by Crippen LogP contribution is -2.54. The van der Waals surface area contributed by atoms with E-state index in [0.717, 1.165) is 18.5 Å². The summed E-state index contributed by atoms with van der Waals surface area (Å²) in [5.41, 5.74) is 2.11. The first-order chi connectivity index (χ1) is 10.5. The van der Waals surface area contributed by atoms with Crippen LogP contribution in [-0.2, 0) is 4.79 Å². The monoisotopic (exact) mass is 300 g/mol. The Labute approximate surface area is 132 Å². The highest BCUT2D eigenvalue weighted by Gasteiger charge is 2.31. The molecule has 0 saturated carbocycles. The molecule has 1 atom stereocenters. The van der Waals surface area contributed by atoms with Crippen molar-refractivity contribution in [2.24, 2.45) is 5.92 Å². The molecule has 1 heterocycles. The maximum absolute atomic E-state index is 12.9. The summed E-state index contributed by atoms with van der Waals surface area (Å²) >= 11 is 0. The van der Waals surface area contributed by atoms with Gasteiger partial charge in [0.1, 0.15) is 6.04 Å². The van der Waals surface area contributed by atoms with E-state index in [-0.39, 0.29) is 17.9 Å². The molecule has 0 aromatic heterocycles. The Hall–Kier alpha value is -2.22. The number of carbonyl (C=O) groups is 1. The maximum atomic E-state index is 12.9. The van der Waals surface area contributed by atoms with E-state index in [1.807, 2.05) is 45.0 Å². The molecule has 0 bridgehead atoms. The summed E-state index contributed by atoms with van der Waals surface area (Å²) in [5.74, 6) is 0.105. The van der Waals surface area contributed by atoms with Gasteiger partial charge in [-0.3, -0.25) is 4.79 Å². The smallest absolute Gasteiger partial charge is 0.264 e. The normalized spacial score (nSPS) is 16.3. The molecule has 0 aliphatic carbocycles. The number of benzene rings is 1. The molecule has 1 unspecified atom stereocenters. The summed E-state index contributed by atoms with van der Waals surface area (Å²) in [6.45, 7) is 7.31. The third-order valence-corrected chi connectivity index (χ3v) is 3.96. The van der Waals surface area contributed by atoms with Crippen molar-refractivity contribution in [1.82, 2.24) is 10.0 Å². The van der Waals surface area contributed by atoms with Crippen molar-refractivity contribution < 1.29 is 4.79 Å². The number of hydrazine groups is 1. The van der Waals surface area contributed by atoms with Crippen LogP contribution in [0.2, 0.25) is 0 Å². The summed E-state index contributed by atoms with van der Waals surface area (Å²) in [4.78, 5) is 12.9. The average molecular weight is 300 g/mol. The van der Waals surface area contributed by atoms with Gasteiger partial charge in [-0.05, 0) is 37.8 Å². The molecule has 1 aromatic carbocycles. The second-order valence-corrected chi connectivity index (χ2v) is 6.12. The summed E-state index contributed by atoms with van der Waals surface area (Å²) in [6.07, 6.45) is 4.01. The summed E-state index contributed by atoms with van der Waals surface area (Å²) in [5, 5.41) is 15.6. The van der Waals surface area contributed by atoms with E-state index < -0.39 is 0 Å². The molecule has 5 nitrogen and oxygen atoms in total. The SMILES string of the molecule is Cc1ccc(NC(C(=O)N2CCCCN2C#N)C(C)C)cc1. The predicted octanol–water partition coefficient (Wildman–Crippen LogP) is 2.75. The molecule has 1 amide bonds. The van der Waals surface area contributed by atoms with E-state index in [1.165, 1.54) is 10.6 Å². The van der Waals surface area contributed by atoms with Crippen LogP contribution in [0.5, 0.6) is 0 Å². The number of nitriles is 1. The van der Waals surface area contributed by atoms with Gasteiger partial charge in [0.25, 0.3) is 5.91 Å². The van der Waals surface area contributed by atoms with E-state index in [0.29, 0.717) is 13.1 Å². The second kappa shape index (κ2) is 7.17. The van der Waals surface area contributed by atoms with Gasteiger partial charge in [-0.2, -0.15) is 5.26 Å². The van der Waals surface area contributed by atoms with Gasteiger partial charge < -0.3 is 5.32 Å². The molecule has 1 aliphatic heterocycles. The summed E-state index contributed by atoms with van der Waals surface area (Å²) in [6, 6.07) is 7.67. The van der Waals surface area contributed by atoms with Crippen molar-refractivity contribution in [2.75, 3.05) is 18.4 Å². The minimum atomic E-state index is -0.336. The van der Waals surface area contributed by atoms with Crippen molar-refractivity contribution in [3.05, 3.63) is 29.8 Å². The Morgan fingerprint density at radius 1 is 1.23 bits per heavy atom. The third-order valence-electron chi connectivity index (χ3n) is 3.96. The number of nitrogens with one attached hydrogen (secondary N) is 1. The number of hydrogen-bond donors (Lipinski definition) is 1. The zero-order valence-electron chi connectivity index (χ0n) is 13.5. The minimum absolute atomic E-state index is 0.0307. The number of nitrogens with zero attached hydrogens (tertiary/aromatic N) is 3. The van der Waals surface area contributed by atoms with E-state index in [9.17, 15) is 10.1 Å². The van der Waals surface area contributed by atoms with E-state index >= 15 is 0 Å². The van der Waals surface area contributed by atoms with Gasteiger partial charge >= 0.3 is 0 Å². The number of rotatable bonds is 4. The quantitative estimate of drug-likeness (QED) is 0.869. The molecule has 1 aliphatic rings. The molecular formula is C17H24N4O. The fourth-order valence-electron chi connectivity index (χ4n) is 2.60. The molecule has 22 heavy (non-hydrogen) atoms. The Balaban J connectivity index is 2.14. The van der Waals surface area contributed by atoms with E-state index in [4.69, 9.17) is 0 Å². The number of hydrogen-bond acceptors (Lipinski definition) is 4. The van der Waals surface area contributed by atoms with Gasteiger partial charge in [0.05, 0.1) is 6.54 Å². The lowest BCUT2D eigenvalue weighted by atomic mass is 10.0. The van der Waals surface area contributed by atoms with Crippen LogP contribution in [0.3, 0.4) is 0 Å². The minimum Gasteiger partial charge on any atom is -0.373 e. The summed E-state index contributed by atoms with van der Waals surface area (Å²) < 4.78 is 0. The van der Waals surface area contributed by atoms with Crippen LogP contribution in [0.1, 0.15) is 32.3 Å². The zero-order valence-corrected chi connectivity index (χ0v) is 13.5. The van der Waals surface area contributed by atoms with E-state index in [2.05, 4.69) is 11.5 Å². The van der Waals surface area contributed by atoms with Gasteiger partial charge in [-0.15, -0.1) is 0 Å². The van der Waals surface area contributed by atoms with Crippen LogP contribution in [-0.4, -0.2) is 35.1 Å². The molecule has 118 valence electrons. The highest BCUT2D eigenvalue weighted by molar-refractivity contribution is 5.84. The Bertz CT molecular complexity index is 547. The molecule has 1 N–H and O–H groups in total. The average Bonchev–Trinajstić information content (AvgIpc) is 2.53. The number of amides is 1. The van der Waals surface area contributed by atoms with Crippen molar-refractivity contribution in [3.63, 3.8) is 0 Å². The molecular weight excluding hydrogens is 276 g/mol. The summed E-state index contributed by atoms with van der Waals surface area (Å²) in [7, 11) is 0. The van der Waals surface area contributed by atoms with Gasteiger partial charge in [0, 0.05) is 12.2 Å². The van der Waals surface area contributed by atoms with Crippen molar-refractivity contribution in [1.29, 1.82) is 5.26 Å². The molecule has 0 spiro atoms. The van der Waals surface area contributed by atoms with Crippen LogP contribution < -0.4 is 5.32 Å². The first-order valence-electron chi connectivity index (χ1n) is 7.84. The number of carbonyl (C=O) groups excluding carboxylic acids is 1. The molecule has 0 radical (unpaired) electrons. The second-order valence-electron chi connectivity index (χ2n) is 6.12. The van der Waals surface area contributed by atoms with Gasteiger partial charge in [-0.25, -0.2) is 10.0 Å². The fraction of sp³-hybridized carbons (Fsp3) is 0.529. The highest BCUT2D eigenvalue weighted by atomic mass is 16.2. The predicted molar refractivity (Wildman–Crippen MR) is 86.7 cm³/mol. The van der Waals surface area contributed by atoms with Crippen molar-refractivity contribution in [2.45, 2.75) is 39.7 Å². The van der Waals surface area contributed by atoms with Crippen LogP contribution in [0.25, 0.3) is 0 Å². The third kappa shape index (κ3) is 3.70. The van der Waals surface area contributed by atoms with Crippen molar-refractivity contribution in [3.8, 4) is 6.19 Å². The maximum Gasteiger partial charge on any atom is 0.264 e. The zero-order chi connectivity index (χ0) is 16.1. The Morgan fingerprint density at radius 2 is 1.86 bits per heavy atom. The largest absolute Gasteiger partial charge is 0.373 e. The molecule has 1 saturated heterocycles. The highest BCUT2D eigenvalue weighted by Crippen LogP contribution is 2.18. The topological polar surface area (TPSA) is 59.4 Å².